The Hall–Kier alpha value is -5.93. The highest BCUT2D eigenvalue weighted by Gasteiger charge is 2.16. The van der Waals surface area contributed by atoms with Crippen LogP contribution in [0.3, 0.4) is 0 Å². The molecular weight excluding hydrogens is 536 g/mol. The van der Waals surface area contributed by atoms with E-state index in [0.29, 0.717) is 5.71 Å². The standard InChI is InChI=1S/C41H26N2O/c1-2-9-30(10-3-1)43(32-22-17-29-19-23-35-33-11-5-4-8-27(33)18-24-36(35)38(29)26-32)31-20-15-28(16-21-31)34-12-6-14-39-40(34)37-13-7-25-42-41(37)44-39/h1-26H. The van der Waals surface area contributed by atoms with Gasteiger partial charge in [0.2, 0.25) is 5.71 Å². The molecule has 2 aromatic heterocycles. The molecule has 0 aliphatic heterocycles. The Kier molecular flexibility index (Phi) is 5.50. The summed E-state index contributed by atoms with van der Waals surface area (Å²) in [5.74, 6) is 0. The molecule has 0 radical (unpaired) electrons. The number of furan rings is 1. The molecule has 0 aliphatic carbocycles. The third kappa shape index (κ3) is 3.87. The molecule has 3 nitrogen and oxygen atoms in total. The summed E-state index contributed by atoms with van der Waals surface area (Å²) in [5, 5.41) is 9.69. The van der Waals surface area contributed by atoms with Gasteiger partial charge in [-0.3, -0.25) is 0 Å². The summed E-state index contributed by atoms with van der Waals surface area (Å²) in [6.45, 7) is 0. The normalized spacial score (nSPS) is 11.6. The van der Waals surface area contributed by atoms with Crippen LogP contribution in [0.2, 0.25) is 0 Å². The largest absolute Gasteiger partial charge is 0.438 e. The first-order valence-electron chi connectivity index (χ1n) is 14.9. The Morgan fingerprint density at radius 1 is 0.455 bits per heavy atom. The molecule has 0 aliphatic rings. The topological polar surface area (TPSA) is 29.3 Å². The van der Waals surface area contributed by atoms with Crippen LogP contribution in [0.4, 0.5) is 17.1 Å². The Bertz CT molecular complexity index is 2490. The van der Waals surface area contributed by atoms with Crippen molar-refractivity contribution < 1.29 is 4.42 Å². The van der Waals surface area contributed by atoms with Gasteiger partial charge in [-0.1, -0.05) is 97.1 Å². The Morgan fingerprint density at radius 2 is 1.14 bits per heavy atom. The van der Waals surface area contributed by atoms with E-state index in [-0.39, 0.29) is 0 Å². The molecule has 3 heteroatoms. The average molecular weight is 563 g/mol. The number of para-hydroxylation sites is 1. The SMILES string of the molecule is c1ccc(N(c2ccc(-c3cccc4oc5ncccc5c34)cc2)c2ccc3ccc4c5ccccc5ccc4c3c2)cc1. The van der Waals surface area contributed by atoms with Gasteiger partial charge >= 0.3 is 0 Å². The Morgan fingerprint density at radius 3 is 2.00 bits per heavy atom. The highest BCUT2D eigenvalue weighted by molar-refractivity contribution is 6.18. The van der Waals surface area contributed by atoms with Crippen molar-refractivity contribution in [2.24, 2.45) is 0 Å². The minimum Gasteiger partial charge on any atom is -0.438 e. The van der Waals surface area contributed by atoms with E-state index in [0.717, 1.165) is 44.5 Å². The number of hydrogen-bond acceptors (Lipinski definition) is 3. The zero-order chi connectivity index (χ0) is 29.0. The van der Waals surface area contributed by atoms with E-state index in [2.05, 4.69) is 143 Å². The van der Waals surface area contributed by atoms with Crippen LogP contribution < -0.4 is 4.90 Å². The van der Waals surface area contributed by atoms with Crippen LogP contribution in [0, 0.1) is 0 Å². The molecule has 9 rings (SSSR count). The number of anilines is 3. The molecule has 9 aromatic rings. The molecular formula is C41H26N2O. The van der Waals surface area contributed by atoms with Gasteiger partial charge in [-0.2, -0.15) is 0 Å². The molecule has 0 amide bonds. The van der Waals surface area contributed by atoms with Gasteiger partial charge in [0.05, 0.1) is 0 Å². The lowest BCUT2D eigenvalue weighted by Gasteiger charge is -2.26. The summed E-state index contributed by atoms with van der Waals surface area (Å²) in [6.07, 6.45) is 1.77. The molecule has 0 atom stereocenters. The number of nitrogens with zero attached hydrogens (tertiary/aromatic N) is 2. The molecule has 0 saturated heterocycles. The van der Waals surface area contributed by atoms with Gasteiger partial charge in [0.15, 0.2) is 0 Å². The van der Waals surface area contributed by atoms with Crippen molar-refractivity contribution in [3.63, 3.8) is 0 Å². The van der Waals surface area contributed by atoms with E-state index in [1.807, 2.05) is 18.2 Å². The summed E-state index contributed by atoms with van der Waals surface area (Å²) in [7, 11) is 0. The van der Waals surface area contributed by atoms with Crippen molar-refractivity contribution in [3.05, 3.63) is 158 Å². The van der Waals surface area contributed by atoms with Crippen LogP contribution in [0.1, 0.15) is 0 Å². The summed E-state index contributed by atoms with van der Waals surface area (Å²) in [4.78, 5) is 6.77. The first-order valence-corrected chi connectivity index (χ1v) is 14.9. The van der Waals surface area contributed by atoms with Crippen molar-refractivity contribution in [2.45, 2.75) is 0 Å². The number of hydrogen-bond donors (Lipinski definition) is 0. The van der Waals surface area contributed by atoms with Crippen molar-refractivity contribution in [1.29, 1.82) is 0 Å². The zero-order valence-corrected chi connectivity index (χ0v) is 23.8. The first kappa shape index (κ1) is 24.6. The maximum Gasteiger partial charge on any atom is 0.227 e. The van der Waals surface area contributed by atoms with Gasteiger partial charge < -0.3 is 9.32 Å². The van der Waals surface area contributed by atoms with E-state index in [1.54, 1.807) is 6.20 Å². The first-order chi connectivity index (χ1) is 21.8. The monoisotopic (exact) mass is 562 g/mol. The second-order valence-corrected chi connectivity index (χ2v) is 11.2. The molecule has 0 N–H and O–H groups in total. The van der Waals surface area contributed by atoms with E-state index in [4.69, 9.17) is 4.42 Å². The highest BCUT2D eigenvalue weighted by atomic mass is 16.3. The maximum atomic E-state index is 6.06. The van der Waals surface area contributed by atoms with E-state index >= 15 is 0 Å². The fourth-order valence-electron chi connectivity index (χ4n) is 6.66. The molecule has 206 valence electrons. The van der Waals surface area contributed by atoms with Crippen molar-refractivity contribution in [2.75, 3.05) is 4.90 Å². The minimum atomic E-state index is 0.665. The Labute approximate surface area is 254 Å². The second-order valence-electron chi connectivity index (χ2n) is 11.2. The summed E-state index contributed by atoms with van der Waals surface area (Å²) >= 11 is 0. The van der Waals surface area contributed by atoms with E-state index in [9.17, 15) is 0 Å². The molecule has 7 aromatic carbocycles. The molecule has 0 bridgehead atoms. The molecule has 2 heterocycles. The predicted molar refractivity (Wildman–Crippen MR) is 184 cm³/mol. The predicted octanol–water partition coefficient (Wildman–Crippen LogP) is 11.6. The van der Waals surface area contributed by atoms with Crippen molar-refractivity contribution in [1.82, 2.24) is 4.98 Å². The van der Waals surface area contributed by atoms with Crippen LogP contribution in [-0.4, -0.2) is 4.98 Å². The second kappa shape index (κ2) is 9.82. The van der Waals surface area contributed by atoms with Gasteiger partial charge in [0.1, 0.15) is 5.58 Å². The van der Waals surface area contributed by atoms with Crippen molar-refractivity contribution in [3.8, 4) is 11.1 Å². The van der Waals surface area contributed by atoms with Crippen molar-refractivity contribution >= 4 is 71.4 Å². The lowest BCUT2D eigenvalue weighted by atomic mass is 9.96. The third-order valence-corrected chi connectivity index (χ3v) is 8.71. The molecule has 0 saturated carbocycles. The summed E-state index contributed by atoms with van der Waals surface area (Å²) in [6, 6.07) is 54.1. The molecule has 0 unspecified atom stereocenters. The summed E-state index contributed by atoms with van der Waals surface area (Å²) in [5.41, 5.74) is 7.11. The lowest BCUT2D eigenvalue weighted by molar-refractivity contribution is 0.654. The summed E-state index contributed by atoms with van der Waals surface area (Å²) < 4.78 is 6.06. The van der Waals surface area contributed by atoms with Gasteiger partial charge in [-0.15, -0.1) is 0 Å². The number of benzene rings is 7. The van der Waals surface area contributed by atoms with Crippen LogP contribution in [0.25, 0.3) is 65.5 Å². The maximum absolute atomic E-state index is 6.06. The van der Waals surface area contributed by atoms with Gasteiger partial charge in [0.25, 0.3) is 0 Å². The Balaban J connectivity index is 1.20. The number of rotatable bonds is 4. The van der Waals surface area contributed by atoms with Gasteiger partial charge in [-0.25, -0.2) is 4.98 Å². The number of aromatic nitrogens is 1. The smallest absolute Gasteiger partial charge is 0.227 e. The van der Waals surface area contributed by atoms with E-state index in [1.165, 1.54) is 32.3 Å². The lowest BCUT2D eigenvalue weighted by Crippen LogP contribution is -2.09. The van der Waals surface area contributed by atoms with Crippen LogP contribution in [0.15, 0.2) is 162 Å². The zero-order valence-electron chi connectivity index (χ0n) is 23.8. The van der Waals surface area contributed by atoms with Crippen LogP contribution in [0.5, 0.6) is 0 Å². The molecule has 0 spiro atoms. The van der Waals surface area contributed by atoms with Crippen LogP contribution in [-0.2, 0) is 0 Å². The van der Waals surface area contributed by atoms with Gasteiger partial charge in [0, 0.05) is 34.0 Å². The molecule has 0 fully saturated rings. The quantitative estimate of drug-likeness (QED) is 0.200. The number of fused-ring (bicyclic) bond motifs is 8. The van der Waals surface area contributed by atoms with E-state index < -0.39 is 0 Å². The molecule has 44 heavy (non-hydrogen) atoms. The average Bonchev–Trinajstić information content (AvgIpc) is 3.48. The fourth-order valence-corrected chi connectivity index (χ4v) is 6.66. The van der Waals surface area contributed by atoms with Crippen LogP contribution >= 0.6 is 0 Å². The minimum absolute atomic E-state index is 0.665. The fraction of sp³-hybridized carbons (Fsp3) is 0. The third-order valence-electron chi connectivity index (χ3n) is 8.71. The number of pyridine rings is 1. The highest BCUT2D eigenvalue weighted by Crippen LogP contribution is 2.41. The van der Waals surface area contributed by atoms with Gasteiger partial charge in [-0.05, 0) is 98.0 Å².